The number of rotatable bonds is 6. The number of amides is 1. The average molecular weight is 380 g/mol. The summed E-state index contributed by atoms with van der Waals surface area (Å²) in [6.07, 6.45) is 3.11. The normalized spacial score (nSPS) is 14.4. The highest BCUT2D eigenvalue weighted by molar-refractivity contribution is 5.91. The molecule has 1 fully saturated rings. The second-order valence-corrected chi connectivity index (χ2v) is 6.84. The Morgan fingerprint density at radius 1 is 1.04 bits per heavy atom. The second-order valence-electron chi connectivity index (χ2n) is 6.84. The minimum atomic E-state index is -0.554. The molecule has 4 rings (SSSR count). The fraction of sp³-hybridized carbons (Fsp3) is 0.182. The summed E-state index contributed by atoms with van der Waals surface area (Å²) in [4.78, 5) is 16.8. The number of halogens is 2. The van der Waals surface area contributed by atoms with Crippen molar-refractivity contribution in [3.8, 4) is 11.6 Å². The predicted octanol–water partition coefficient (Wildman–Crippen LogP) is 4.50. The van der Waals surface area contributed by atoms with E-state index in [1.165, 1.54) is 24.3 Å². The molecule has 0 bridgehead atoms. The number of hydrogen-bond acceptors (Lipinski definition) is 3. The van der Waals surface area contributed by atoms with Gasteiger partial charge in [0.2, 0.25) is 11.8 Å². The van der Waals surface area contributed by atoms with Gasteiger partial charge in [-0.05, 0) is 48.2 Å². The minimum Gasteiger partial charge on any atom is -0.439 e. The van der Waals surface area contributed by atoms with Gasteiger partial charge in [0.25, 0.3) is 0 Å². The molecule has 28 heavy (non-hydrogen) atoms. The molecular weight excluding hydrogens is 362 g/mol. The van der Waals surface area contributed by atoms with Gasteiger partial charge in [-0.2, -0.15) is 0 Å². The van der Waals surface area contributed by atoms with E-state index in [4.69, 9.17) is 4.74 Å². The number of benzene rings is 2. The number of nitrogens with zero attached hydrogens (tertiary/aromatic N) is 1. The number of aromatic nitrogens is 1. The van der Waals surface area contributed by atoms with Crippen LogP contribution in [0.25, 0.3) is 0 Å². The highest BCUT2D eigenvalue weighted by Gasteiger charge is 2.51. The van der Waals surface area contributed by atoms with Gasteiger partial charge in [-0.25, -0.2) is 13.8 Å². The smallest absolute Gasteiger partial charge is 0.230 e. The van der Waals surface area contributed by atoms with Gasteiger partial charge in [-0.15, -0.1) is 0 Å². The predicted molar refractivity (Wildman–Crippen MR) is 99.9 cm³/mol. The molecule has 6 heteroatoms. The molecule has 1 aliphatic carbocycles. The summed E-state index contributed by atoms with van der Waals surface area (Å²) in [6, 6.07) is 15.4. The maximum absolute atomic E-state index is 13.2. The maximum atomic E-state index is 13.2. The van der Waals surface area contributed by atoms with Crippen molar-refractivity contribution in [2.24, 2.45) is 0 Å². The molecule has 1 N–H and O–H groups in total. The van der Waals surface area contributed by atoms with Crippen LogP contribution in [0.4, 0.5) is 8.78 Å². The van der Waals surface area contributed by atoms with E-state index in [1.807, 2.05) is 0 Å². The third-order valence-corrected chi connectivity index (χ3v) is 4.85. The fourth-order valence-corrected chi connectivity index (χ4v) is 3.12. The quantitative estimate of drug-likeness (QED) is 0.685. The summed E-state index contributed by atoms with van der Waals surface area (Å²) in [5, 5.41) is 2.93. The third kappa shape index (κ3) is 3.86. The zero-order chi connectivity index (χ0) is 19.6. The van der Waals surface area contributed by atoms with E-state index in [-0.39, 0.29) is 17.5 Å². The van der Waals surface area contributed by atoms with E-state index < -0.39 is 5.41 Å². The van der Waals surface area contributed by atoms with Crippen LogP contribution in [0.1, 0.15) is 24.0 Å². The Bertz CT molecular complexity index is 984. The summed E-state index contributed by atoms with van der Waals surface area (Å²) >= 11 is 0. The molecule has 0 spiro atoms. The monoisotopic (exact) mass is 380 g/mol. The molecule has 1 heterocycles. The highest BCUT2D eigenvalue weighted by Crippen LogP contribution is 2.48. The van der Waals surface area contributed by atoms with Gasteiger partial charge in [0.05, 0.1) is 5.41 Å². The number of carbonyl (C=O) groups is 1. The molecular formula is C22H18F2N2O2. The van der Waals surface area contributed by atoms with E-state index in [9.17, 15) is 13.6 Å². The molecule has 0 radical (unpaired) electrons. The van der Waals surface area contributed by atoms with E-state index in [2.05, 4.69) is 10.3 Å². The first-order chi connectivity index (χ1) is 13.5. The van der Waals surface area contributed by atoms with Gasteiger partial charge < -0.3 is 10.1 Å². The molecule has 1 aromatic heterocycles. The van der Waals surface area contributed by atoms with E-state index in [0.717, 1.165) is 24.0 Å². The molecule has 1 aliphatic rings. The molecule has 0 aliphatic heterocycles. The van der Waals surface area contributed by atoms with Gasteiger partial charge in [-0.3, -0.25) is 4.79 Å². The van der Waals surface area contributed by atoms with E-state index in [1.54, 1.807) is 42.6 Å². The van der Waals surface area contributed by atoms with Crippen molar-refractivity contribution in [2.75, 3.05) is 0 Å². The number of nitrogens with one attached hydrogen (secondary N) is 1. The Labute approximate surface area is 161 Å². The lowest BCUT2D eigenvalue weighted by molar-refractivity contribution is -0.123. The van der Waals surface area contributed by atoms with E-state index in [0.29, 0.717) is 18.2 Å². The third-order valence-electron chi connectivity index (χ3n) is 4.85. The standard InChI is InChI=1S/C22H18F2N2O2/c23-17-7-5-16(6-8-17)22(10-11-22)21(27)26-14-15-4-9-20(25-13-15)28-19-3-1-2-18(24)12-19/h1-9,12-13H,10-11,14H2,(H,26,27). The largest absolute Gasteiger partial charge is 0.439 e. The van der Waals surface area contributed by atoms with Crippen LogP contribution in [0.3, 0.4) is 0 Å². The highest BCUT2D eigenvalue weighted by atomic mass is 19.1. The number of carbonyl (C=O) groups excluding carboxylic acids is 1. The molecule has 0 saturated heterocycles. The Kier molecular flexibility index (Phi) is 4.77. The van der Waals surface area contributed by atoms with Gasteiger partial charge in [0.1, 0.15) is 17.4 Å². The number of ether oxygens (including phenoxy) is 1. The summed E-state index contributed by atoms with van der Waals surface area (Å²) in [5.74, 6) is -0.0630. The zero-order valence-corrected chi connectivity index (χ0v) is 15.0. The second kappa shape index (κ2) is 7.38. The first kappa shape index (κ1) is 18.1. The van der Waals surface area contributed by atoms with Crippen molar-refractivity contribution in [2.45, 2.75) is 24.8 Å². The Morgan fingerprint density at radius 2 is 1.82 bits per heavy atom. The summed E-state index contributed by atoms with van der Waals surface area (Å²) in [6.45, 7) is 0.328. The average Bonchev–Trinajstić information content (AvgIpc) is 3.50. The van der Waals surface area contributed by atoms with Crippen LogP contribution < -0.4 is 10.1 Å². The molecule has 3 aromatic rings. The molecule has 1 amide bonds. The summed E-state index contributed by atoms with van der Waals surface area (Å²) in [7, 11) is 0. The summed E-state index contributed by atoms with van der Waals surface area (Å²) < 4.78 is 31.8. The lowest BCUT2D eigenvalue weighted by atomic mass is 9.95. The van der Waals surface area contributed by atoms with Crippen LogP contribution in [0.2, 0.25) is 0 Å². The molecule has 0 unspecified atom stereocenters. The van der Waals surface area contributed by atoms with Crippen molar-refractivity contribution in [3.63, 3.8) is 0 Å². The molecule has 1 saturated carbocycles. The van der Waals surface area contributed by atoms with Crippen LogP contribution >= 0.6 is 0 Å². The van der Waals surface area contributed by atoms with E-state index >= 15 is 0 Å². The number of pyridine rings is 1. The number of hydrogen-bond donors (Lipinski definition) is 1. The van der Waals surface area contributed by atoms with Gasteiger partial charge in [0.15, 0.2) is 0 Å². The molecule has 2 aromatic carbocycles. The van der Waals surface area contributed by atoms with Crippen LogP contribution in [-0.2, 0) is 16.8 Å². The fourth-order valence-electron chi connectivity index (χ4n) is 3.12. The van der Waals surface area contributed by atoms with Crippen LogP contribution in [0, 0.1) is 11.6 Å². The van der Waals surface area contributed by atoms with Crippen LogP contribution in [0.15, 0.2) is 66.9 Å². The zero-order valence-electron chi connectivity index (χ0n) is 15.0. The summed E-state index contributed by atoms with van der Waals surface area (Å²) in [5.41, 5.74) is 1.10. The SMILES string of the molecule is O=C(NCc1ccc(Oc2cccc(F)c2)nc1)C1(c2ccc(F)cc2)CC1. The molecule has 0 atom stereocenters. The van der Waals surface area contributed by atoms with Gasteiger partial charge in [0, 0.05) is 24.9 Å². The lowest BCUT2D eigenvalue weighted by Crippen LogP contribution is -2.34. The van der Waals surface area contributed by atoms with Crippen LogP contribution in [-0.4, -0.2) is 10.9 Å². The van der Waals surface area contributed by atoms with Crippen molar-refractivity contribution in [1.29, 1.82) is 0 Å². The van der Waals surface area contributed by atoms with Crippen molar-refractivity contribution in [3.05, 3.63) is 89.6 Å². The topological polar surface area (TPSA) is 51.2 Å². The molecule has 4 nitrogen and oxygen atoms in total. The first-order valence-electron chi connectivity index (χ1n) is 8.98. The van der Waals surface area contributed by atoms with Crippen molar-refractivity contribution < 1.29 is 18.3 Å². The Balaban J connectivity index is 1.36. The maximum Gasteiger partial charge on any atom is 0.230 e. The van der Waals surface area contributed by atoms with Crippen LogP contribution in [0.5, 0.6) is 11.6 Å². The van der Waals surface area contributed by atoms with Gasteiger partial charge >= 0.3 is 0 Å². The Hall–Kier alpha value is -3.28. The van der Waals surface area contributed by atoms with Gasteiger partial charge in [-0.1, -0.05) is 24.3 Å². The van der Waals surface area contributed by atoms with Crippen molar-refractivity contribution in [1.82, 2.24) is 10.3 Å². The Morgan fingerprint density at radius 3 is 2.46 bits per heavy atom. The van der Waals surface area contributed by atoms with Crippen molar-refractivity contribution >= 4 is 5.91 Å². The minimum absolute atomic E-state index is 0.0702. The molecule has 142 valence electrons. The first-order valence-corrected chi connectivity index (χ1v) is 8.98. The lowest BCUT2D eigenvalue weighted by Gasteiger charge is -2.16.